The predicted molar refractivity (Wildman–Crippen MR) is 116 cm³/mol. The second-order valence-corrected chi connectivity index (χ2v) is 9.06. The van der Waals surface area contributed by atoms with Crippen molar-refractivity contribution < 1.29 is 18.0 Å². The highest BCUT2D eigenvalue weighted by atomic mass is 32.2. The van der Waals surface area contributed by atoms with Crippen molar-refractivity contribution in [1.82, 2.24) is 10.3 Å². The molecule has 0 spiro atoms. The maximum absolute atomic E-state index is 13.2. The Bertz CT molecular complexity index is 1200. The normalized spacial score (nSPS) is 11.3. The number of Topliss-reactive ketones (excluding diaryl/α,β-unsaturated/α-hetero) is 1. The molecule has 0 aliphatic heterocycles. The zero-order valence-corrected chi connectivity index (χ0v) is 18.0. The number of ketones is 1. The molecule has 0 saturated heterocycles. The topological polar surface area (TPSA) is 96.1 Å². The number of H-pyrrole nitrogens is 1. The smallest absolute Gasteiger partial charge is 0.254 e. The molecule has 6 nitrogen and oxygen atoms in total. The van der Waals surface area contributed by atoms with Crippen molar-refractivity contribution in [2.45, 2.75) is 31.7 Å². The molecule has 30 heavy (non-hydrogen) atoms. The maximum atomic E-state index is 13.2. The summed E-state index contributed by atoms with van der Waals surface area (Å²) in [4.78, 5) is 28.6. The third kappa shape index (κ3) is 4.36. The van der Waals surface area contributed by atoms with Crippen LogP contribution >= 0.6 is 0 Å². The lowest BCUT2D eigenvalue weighted by atomic mass is 10.0. The number of aromatic amines is 1. The summed E-state index contributed by atoms with van der Waals surface area (Å²) >= 11 is 0. The van der Waals surface area contributed by atoms with Gasteiger partial charge in [0.15, 0.2) is 15.6 Å². The highest BCUT2D eigenvalue weighted by molar-refractivity contribution is 7.90. The molecule has 0 aliphatic carbocycles. The fourth-order valence-electron chi connectivity index (χ4n) is 3.51. The molecule has 0 unspecified atom stereocenters. The van der Waals surface area contributed by atoms with Crippen molar-refractivity contribution in [2.24, 2.45) is 0 Å². The minimum absolute atomic E-state index is 0.0983. The summed E-state index contributed by atoms with van der Waals surface area (Å²) < 4.78 is 24.7. The summed E-state index contributed by atoms with van der Waals surface area (Å²) in [7, 11) is -3.55. The van der Waals surface area contributed by atoms with E-state index in [9.17, 15) is 18.0 Å². The molecule has 2 N–H and O–H groups in total. The molecular formula is C23H24N2O4S. The molecule has 0 atom stereocenters. The van der Waals surface area contributed by atoms with Crippen molar-refractivity contribution in [3.63, 3.8) is 0 Å². The molecule has 0 fully saturated rings. The Morgan fingerprint density at radius 3 is 2.23 bits per heavy atom. The monoisotopic (exact) mass is 424 g/mol. The van der Waals surface area contributed by atoms with E-state index in [4.69, 9.17) is 0 Å². The van der Waals surface area contributed by atoms with Crippen molar-refractivity contribution in [2.75, 3.05) is 6.26 Å². The van der Waals surface area contributed by atoms with Gasteiger partial charge in [0.1, 0.15) is 0 Å². The fourth-order valence-corrected chi connectivity index (χ4v) is 4.40. The lowest BCUT2D eigenvalue weighted by Crippen LogP contribution is -2.24. The van der Waals surface area contributed by atoms with Crippen molar-refractivity contribution >= 4 is 21.5 Å². The van der Waals surface area contributed by atoms with E-state index in [1.807, 2.05) is 37.3 Å². The van der Waals surface area contributed by atoms with Gasteiger partial charge in [0.25, 0.3) is 5.91 Å². The van der Waals surface area contributed by atoms with E-state index >= 15 is 0 Å². The highest BCUT2D eigenvalue weighted by Crippen LogP contribution is 2.33. The first-order chi connectivity index (χ1) is 14.2. The fraction of sp³-hybridized carbons (Fsp3) is 0.217. The first-order valence-corrected chi connectivity index (χ1v) is 11.5. The molecule has 1 amide bonds. The van der Waals surface area contributed by atoms with Crippen LogP contribution in [0.5, 0.6) is 0 Å². The van der Waals surface area contributed by atoms with Gasteiger partial charge >= 0.3 is 0 Å². The van der Waals surface area contributed by atoms with Crippen LogP contribution < -0.4 is 5.32 Å². The second kappa shape index (κ2) is 8.67. The maximum Gasteiger partial charge on any atom is 0.254 e. The van der Waals surface area contributed by atoms with Gasteiger partial charge in [0, 0.05) is 25.3 Å². The molecule has 2 aromatic carbocycles. The number of carbonyl (C=O) groups excluding carboxylic acids is 2. The Morgan fingerprint density at radius 1 is 1.00 bits per heavy atom. The van der Waals surface area contributed by atoms with Crippen LogP contribution in [0.3, 0.4) is 0 Å². The van der Waals surface area contributed by atoms with Crippen molar-refractivity contribution in [1.29, 1.82) is 0 Å². The van der Waals surface area contributed by atoms with Crippen LogP contribution in [0.1, 0.15) is 45.8 Å². The molecule has 0 saturated carbocycles. The number of nitrogens with one attached hydrogen (secondary N) is 2. The zero-order valence-electron chi connectivity index (χ0n) is 17.2. The van der Waals surface area contributed by atoms with Crippen LogP contribution in [-0.4, -0.2) is 31.3 Å². The van der Waals surface area contributed by atoms with Crippen LogP contribution in [0, 0.1) is 0 Å². The zero-order chi connectivity index (χ0) is 21.9. The van der Waals surface area contributed by atoms with Gasteiger partial charge in [-0.3, -0.25) is 9.59 Å². The quantitative estimate of drug-likeness (QED) is 0.564. The van der Waals surface area contributed by atoms with Gasteiger partial charge in [-0.15, -0.1) is 0 Å². The van der Waals surface area contributed by atoms with E-state index in [1.54, 1.807) is 18.2 Å². The number of hydrogen-bond donors (Lipinski definition) is 2. The van der Waals surface area contributed by atoms with E-state index in [0.717, 1.165) is 11.8 Å². The Kier molecular flexibility index (Phi) is 6.22. The van der Waals surface area contributed by atoms with E-state index in [-0.39, 0.29) is 16.6 Å². The average molecular weight is 425 g/mol. The minimum atomic E-state index is -3.55. The standard InChI is InChI=1S/C23H24N2O4S/c1-4-17-20(23(27)24-14-16-10-6-5-7-11-16)22(25-21(17)15(2)26)18-12-8-9-13-19(18)30(3,28)29/h5-13,25H,4,14H2,1-3H3,(H,24,27). The number of amides is 1. The van der Waals surface area contributed by atoms with Crippen molar-refractivity contribution in [3.8, 4) is 11.3 Å². The molecule has 7 heteroatoms. The Labute approximate surface area is 176 Å². The predicted octanol–water partition coefficient (Wildman–Crippen LogP) is 3.78. The molecule has 156 valence electrons. The number of rotatable bonds is 7. The number of aromatic nitrogens is 1. The van der Waals surface area contributed by atoms with E-state index in [1.165, 1.54) is 13.0 Å². The van der Waals surface area contributed by atoms with Crippen molar-refractivity contribution in [3.05, 3.63) is 77.0 Å². The van der Waals surface area contributed by atoms with Gasteiger partial charge in [-0.1, -0.05) is 55.5 Å². The number of hydrogen-bond acceptors (Lipinski definition) is 4. The number of sulfone groups is 1. The third-order valence-electron chi connectivity index (χ3n) is 4.89. The van der Waals surface area contributed by atoms with Crippen LogP contribution in [0.25, 0.3) is 11.3 Å². The summed E-state index contributed by atoms with van der Waals surface area (Å²) in [5.41, 5.74) is 2.83. The Morgan fingerprint density at radius 2 is 1.63 bits per heavy atom. The molecule has 3 aromatic rings. The molecule has 0 bridgehead atoms. The average Bonchev–Trinajstić information content (AvgIpc) is 3.12. The van der Waals surface area contributed by atoms with Crippen LogP contribution in [0.2, 0.25) is 0 Å². The van der Waals surface area contributed by atoms with Gasteiger partial charge in [-0.2, -0.15) is 0 Å². The first kappa shape index (κ1) is 21.5. The molecule has 1 aromatic heterocycles. The highest BCUT2D eigenvalue weighted by Gasteiger charge is 2.27. The molecule has 0 radical (unpaired) electrons. The molecule has 0 aliphatic rings. The summed E-state index contributed by atoms with van der Waals surface area (Å²) in [6.07, 6.45) is 1.57. The van der Waals surface area contributed by atoms with Crippen LogP contribution in [0.4, 0.5) is 0 Å². The van der Waals surface area contributed by atoms with Gasteiger partial charge in [0.2, 0.25) is 0 Å². The van der Waals surface area contributed by atoms with Gasteiger partial charge < -0.3 is 10.3 Å². The third-order valence-corrected chi connectivity index (χ3v) is 6.04. The lowest BCUT2D eigenvalue weighted by molar-refractivity contribution is 0.0950. The van der Waals surface area contributed by atoms with Gasteiger partial charge in [0.05, 0.1) is 21.8 Å². The molecule has 1 heterocycles. The van der Waals surface area contributed by atoms with E-state index in [0.29, 0.717) is 41.0 Å². The largest absolute Gasteiger partial charge is 0.351 e. The van der Waals surface area contributed by atoms with Gasteiger partial charge in [-0.25, -0.2) is 8.42 Å². The number of benzene rings is 2. The van der Waals surface area contributed by atoms with Gasteiger partial charge in [-0.05, 0) is 23.6 Å². The Balaban J connectivity index is 2.15. The lowest BCUT2D eigenvalue weighted by Gasteiger charge is -2.11. The molecular weight excluding hydrogens is 400 g/mol. The summed E-state index contributed by atoms with van der Waals surface area (Å²) in [6, 6.07) is 15.9. The number of carbonyl (C=O) groups is 2. The van der Waals surface area contributed by atoms with Crippen LogP contribution in [0.15, 0.2) is 59.5 Å². The Hall–Kier alpha value is -3.19. The summed E-state index contributed by atoms with van der Waals surface area (Å²) in [6.45, 7) is 3.59. The molecule has 3 rings (SSSR count). The SMILES string of the molecule is CCc1c(C(C)=O)[nH]c(-c2ccccc2S(C)(=O)=O)c1C(=O)NCc1ccccc1. The second-order valence-electron chi connectivity index (χ2n) is 7.07. The first-order valence-electron chi connectivity index (χ1n) is 9.61. The van der Waals surface area contributed by atoms with E-state index < -0.39 is 9.84 Å². The summed E-state index contributed by atoms with van der Waals surface area (Å²) in [5, 5.41) is 2.89. The van der Waals surface area contributed by atoms with Crippen LogP contribution in [-0.2, 0) is 22.8 Å². The van der Waals surface area contributed by atoms with E-state index in [2.05, 4.69) is 10.3 Å². The minimum Gasteiger partial charge on any atom is -0.351 e. The summed E-state index contributed by atoms with van der Waals surface area (Å²) in [5.74, 6) is -0.579.